The summed E-state index contributed by atoms with van der Waals surface area (Å²) in [5, 5.41) is 0. The summed E-state index contributed by atoms with van der Waals surface area (Å²) in [7, 11) is 0. The van der Waals surface area contributed by atoms with E-state index in [0.717, 1.165) is 50.7 Å². The number of ether oxygens (including phenoxy) is 4. The third kappa shape index (κ3) is 11.2. The van der Waals surface area contributed by atoms with Crippen LogP contribution in [0.1, 0.15) is 130 Å². The Kier molecular flexibility index (Phi) is 14.1. The highest BCUT2D eigenvalue weighted by molar-refractivity contribution is 5.87. The molecule has 0 radical (unpaired) electrons. The molecule has 4 atom stereocenters. The van der Waals surface area contributed by atoms with Gasteiger partial charge in [-0.25, -0.2) is 9.59 Å². The molecule has 0 heterocycles. The summed E-state index contributed by atoms with van der Waals surface area (Å²) >= 11 is 0. The molecule has 0 N–H and O–H groups in total. The standard InChI is InChI=1S/C39H64O6/c1-27(2)37(40)44-25-31-11-7-9-29(21-31)23-42-35-17-13-33(14-18-35)39(5,6)34-15-19-36(20-16-34)43-24-30-10-8-12-32(22-30)26-45-38(41)28(3)4/h29-36H,1,3,7-26H2,2,4-6H3. The lowest BCUT2D eigenvalue weighted by atomic mass is 9.60. The first-order chi connectivity index (χ1) is 21.5. The molecule has 4 fully saturated rings. The largest absolute Gasteiger partial charge is 0.462 e. The van der Waals surface area contributed by atoms with Gasteiger partial charge in [0.15, 0.2) is 0 Å². The van der Waals surface area contributed by atoms with Crippen LogP contribution in [0.25, 0.3) is 0 Å². The van der Waals surface area contributed by atoms with E-state index in [1.54, 1.807) is 13.8 Å². The molecular weight excluding hydrogens is 564 g/mol. The van der Waals surface area contributed by atoms with Crippen LogP contribution in [0.2, 0.25) is 0 Å². The van der Waals surface area contributed by atoms with Crippen molar-refractivity contribution in [2.75, 3.05) is 26.4 Å². The van der Waals surface area contributed by atoms with Gasteiger partial charge in [-0.3, -0.25) is 0 Å². The summed E-state index contributed by atoms with van der Waals surface area (Å²) in [5.41, 5.74) is 1.33. The predicted molar refractivity (Wildman–Crippen MR) is 180 cm³/mol. The zero-order valence-corrected chi connectivity index (χ0v) is 29.1. The summed E-state index contributed by atoms with van der Waals surface area (Å²) in [4.78, 5) is 23.6. The molecule has 6 heteroatoms. The lowest BCUT2D eigenvalue weighted by molar-refractivity contribution is -0.141. The molecule has 4 rings (SSSR count). The maximum Gasteiger partial charge on any atom is 0.333 e. The molecule has 4 aliphatic rings. The molecule has 45 heavy (non-hydrogen) atoms. The third-order valence-electron chi connectivity index (χ3n) is 12.0. The Labute approximate surface area is 274 Å². The monoisotopic (exact) mass is 628 g/mol. The molecule has 0 aliphatic heterocycles. The van der Waals surface area contributed by atoms with Crippen LogP contribution in [0, 0.1) is 40.9 Å². The number of hydrogen-bond donors (Lipinski definition) is 0. The number of carbonyl (C=O) groups is 2. The predicted octanol–water partition coefficient (Wildman–Crippen LogP) is 9.01. The topological polar surface area (TPSA) is 71.1 Å². The van der Waals surface area contributed by atoms with E-state index in [1.807, 2.05) is 0 Å². The van der Waals surface area contributed by atoms with E-state index in [0.29, 0.717) is 65.7 Å². The van der Waals surface area contributed by atoms with Gasteiger partial charge in [0, 0.05) is 24.4 Å². The van der Waals surface area contributed by atoms with Crippen LogP contribution in [-0.4, -0.2) is 50.6 Å². The first kappa shape index (κ1) is 36.2. The highest BCUT2D eigenvalue weighted by Crippen LogP contribution is 2.49. The van der Waals surface area contributed by atoms with Crippen molar-refractivity contribution in [2.24, 2.45) is 40.9 Å². The Bertz CT molecular complexity index is 894. The van der Waals surface area contributed by atoms with Crippen LogP contribution in [0.15, 0.2) is 24.3 Å². The van der Waals surface area contributed by atoms with E-state index in [2.05, 4.69) is 27.0 Å². The molecule has 0 aromatic heterocycles. The van der Waals surface area contributed by atoms with Crippen LogP contribution in [0.5, 0.6) is 0 Å². The Balaban J connectivity index is 1.10. The smallest absolute Gasteiger partial charge is 0.333 e. The Morgan fingerprint density at radius 2 is 0.889 bits per heavy atom. The summed E-state index contributed by atoms with van der Waals surface area (Å²) in [6.45, 7) is 18.6. The maximum absolute atomic E-state index is 11.8. The van der Waals surface area contributed by atoms with E-state index < -0.39 is 0 Å². The first-order valence-electron chi connectivity index (χ1n) is 18.4. The summed E-state index contributed by atoms with van der Waals surface area (Å²) in [5.74, 6) is 3.12. The molecule has 4 saturated carbocycles. The lowest BCUT2D eigenvalue weighted by Crippen LogP contribution is -2.39. The average molecular weight is 629 g/mol. The molecule has 4 aliphatic carbocycles. The second-order valence-corrected chi connectivity index (χ2v) is 16.0. The molecular formula is C39H64O6. The maximum atomic E-state index is 11.8. The van der Waals surface area contributed by atoms with Gasteiger partial charge in [0.1, 0.15) is 0 Å². The fraction of sp³-hybridized carbons (Fsp3) is 0.846. The van der Waals surface area contributed by atoms with Gasteiger partial charge in [-0.05, 0) is 145 Å². The average Bonchev–Trinajstić information content (AvgIpc) is 3.04. The van der Waals surface area contributed by atoms with Crippen molar-refractivity contribution < 1.29 is 28.5 Å². The van der Waals surface area contributed by atoms with Crippen molar-refractivity contribution in [3.8, 4) is 0 Å². The molecule has 0 bridgehead atoms. The number of hydrogen-bond acceptors (Lipinski definition) is 6. The third-order valence-corrected chi connectivity index (χ3v) is 12.0. The summed E-state index contributed by atoms with van der Waals surface area (Å²) in [6, 6.07) is 0. The fourth-order valence-corrected chi connectivity index (χ4v) is 8.87. The minimum Gasteiger partial charge on any atom is -0.462 e. The Hall–Kier alpha value is -1.66. The van der Waals surface area contributed by atoms with Gasteiger partial charge >= 0.3 is 11.9 Å². The first-order valence-corrected chi connectivity index (χ1v) is 18.4. The van der Waals surface area contributed by atoms with Crippen LogP contribution < -0.4 is 0 Å². The molecule has 0 aromatic rings. The quantitative estimate of drug-likeness (QED) is 0.141. The number of carbonyl (C=O) groups excluding carboxylic acids is 2. The van der Waals surface area contributed by atoms with Crippen molar-refractivity contribution in [3.63, 3.8) is 0 Å². The molecule has 256 valence electrons. The second-order valence-electron chi connectivity index (χ2n) is 16.0. The minimum atomic E-state index is -0.264. The molecule has 4 unspecified atom stereocenters. The van der Waals surface area contributed by atoms with E-state index in [1.165, 1.54) is 77.0 Å². The van der Waals surface area contributed by atoms with Gasteiger partial charge in [-0.1, -0.05) is 39.8 Å². The van der Waals surface area contributed by atoms with Crippen LogP contribution in [0.4, 0.5) is 0 Å². The molecule has 6 nitrogen and oxygen atoms in total. The molecule has 0 spiro atoms. The number of esters is 2. The van der Waals surface area contributed by atoms with Gasteiger partial charge in [-0.15, -0.1) is 0 Å². The highest BCUT2D eigenvalue weighted by atomic mass is 16.5. The summed E-state index contributed by atoms with van der Waals surface area (Å²) < 4.78 is 23.9. The van der Waals surface area contributed by atoms with E-state index in [-0.39, 0.29) is 11.9 Å². The highest BCUT2D eigenvalue weighted by Gasteiger charge is 2.41. The summed E-state index contributed by atoms with van der Waals surface area (Å²) in [6.07, 6.45) is 20.0. The SMILES string of the molecule is C=C(C)C(=O)OCC1CCCC(COC2CCC(C(C)(C)C3CCC(OCC4CCCC(COC(=O)C(=C)C)C4)CC3)CC2)C1. The van der Waals surface area contributed by atoms with E-state index >= 15 is 0 Å². The van der Waals surface area contributed by atoms with Crippen LogP contribution in [0.3, 0.4) is 0 Å². The van der Waals surface area contributed by atoms with Crippen molar-refractivity contribution in [1.29, 1.82) is 0 Å². The lowest BCUT2D eigenvalue weighted by Gasteiger charge is -2.47. The molecule has 0 aromatic carbocycles. The van der Waals surface area contributed by atoms with E-state index in [9.17, 15) is 9.59 Å². The van der Waals surface area contributed by atoms with Crippen molar-refractivity contribution in [2.45, 2.75) is 143 Å². The van der Waals surface area contributed by atoms with Crippen molar-refractivity contribution >= 4 is 11.9 Å². The van der Waals surface area contributed by atoms with Crippen LogP contribution in [-0.2, 0) is 28.5 Å². The Morgan fingerprint density at radius 1 is 0.556 bits per heavy atom. The Morgan fingerprint density at radius 3 is 1.22 bits per heavy atom. The van der Waals surface area contributed by atoms with Gasteiger partial charge < -0.3 is 18.9 Å². The normalized spacial score (nSPS) is 32.8. The van der Waals surface area contributed by atoms with Gasteiger partial charge in [0.25, 0.3) is 0 Å². The van der Waals surface area contributed by atoms with Gasteiger partial charge in [0.05, 0.1) is 25.4 Å². The molecule has 0 saturated heterocycles. The van der Waals surface area contributed by atoms with Crippen LogP contribution >= 0.6 is 0 Å². The molecule has 0 amide bonds. The van der Waals surface area contributed by atoms with Crippen molar-refractivity contribution in [1.82, 2.24) is 0 Å². The van der Waals surface area contributed by atoms with E-state index in [4.69, 9.17) is 18.9 Å². The van der Waals surface area contributed by atoms with Gasteiger partial charge in [0.2, 0.25) is 0 Å². The zero-order valence-electron chi connectivity index (χ0n) is 29.1. The second kappa shape index (κ2) is 17.5. The van der Waals surface area contributed by atoms with Crippen molar-refractivity contribution in [3.05, 3.63) is 24.3 Å². The fourth-order valence-electron chi connectivity index (χ4n) is 8.87. The number of rotatable bonds is 14. The minimum absolute atomic E-state index is 0.264. The van der Waals surface area contributed by atoms with Gasteiger partial charge in [-0.2, -0.15) is 0 Å². The zero-order chi connectivity index (χ0) is 32.4.